The Morgan fingerprint density at radius 2 is 1.77 bits per heavy atom. The Kier molecular flexibility index (Phi) is 3.06. The second-order valence-corrected chi connectivity index (χ2v) is 2.41. The highest BCUT2D eigenvalue weighted by Gasteiger charge is 2.08. The van der Waals surface area contributed by atoms with Crippen LogP contribution in [-0.2, 0) is 0 Å². The third kappa shape index (κ3) is 2.31. The zero-order valence-corrected chi connectivity index (χ0v) is 7.02. The average molecular weight is 187 g/mol. The molecule has 0 amide bonds. The molecule has 1 nitrogen and oxygen atoms in total. The van der Waals surface area contributed by atoms with Crippen LogP contribution in [0.25, 0.3) is 0 Å². The molecule has 0 heterocycles. The lowest BCUT2D eigenvalue weighted by atomic mass is 10.2. The van der Waals surface area contributed by atoms with Crippen molar-refractivity contribution in [2.24, 2.45) is 4.99 Å². The predicted molar refractivity (Wildman–Crippen MR) is 44.5 cm³/mol. The molecule has 1 aromatic rings. The van der Waals surface area contributed by atoms with Gasteiger partial charge >= 0.3 is 0 Å². The summed E-state index contributed by atoms with van der Waals surface area (Å²) in [6.07, 6.45) is 1.06. The Morgan fingerprint density at radius 3 is 2.23 bits per heavy atom. The van der Waals surface area contributed by atoms with E-state index in [-0.39, 0.29) is 5.56 Å². The van der Waals surface area contributed by atoms with Gasteiger partial charge in [-0.05, 0) is 6.92 Å². The first-order valence-electron chi connectivity index (χ1n) is 3.79. The lowest BCUT2D eigenvalue weighted by Gasteiger charge is -1.98. The smallest absolute Gasteiger partial charge is 0.137 e. The monoisotopic (exact) mass is 187 g/mol. The molecule has 0 saturated heterocycles. The minimum atomic E-state index is -0.935. The summed E-state index contributed by atoms with van der Waals surface area (Å²) in [4.78, 5) is 3.67. The van der Waals surface area contributed by atoms with E-state index >= 15 is 0 Å². The maximum atomic E-state index is 12.9. The SMILES string of the molecule is CCN=Cc1c(F)cc(F)cc1F. The Hall–Kier alpha value is -1.32. The molecule has 0 atom stereocenters. The summed E-state index contributed by atoms with van der Waals surface area (Å²) in [7, 11) is 0. The summed E-state index contributed by atoms with van der Waals surface area (Å²) >= 11 is 0. The summed E-state index contributed by atoms with van der Waals surface area (Å²) in [6.45, 7) is 2.16. The molecule has 70 valence electrons. The first-order chi connectivity index (χ1) is 6.15. The molecule has 13 heavy (non-hydrogen) atoms. The first kappa shape index (κ1) is 9.77. The maximum absolute atomic E-state index is 12.9. The van der Waals surface area contributed by atoms with Crippen LogP contribution in [0.2, 0.25) is 0 Å². The van der Waals surface area contributed by atoms with Crippen LogP contribution in [-0.4, -0.2) is 12.8 Å². The van der Waals surface area contributed by atoms with Gasteiger partial charge in [-0.3, -0.25) is 4.99 Å². The van der Waals surface area contributed by atoms with Gasteiger partial charge in [0.25, 0.3) is 0 Å². The van der Waals surface area contributed by atoms with Crippen molar-refractivity contribution in [3.8, 4) is 0 Å². The molecular formula is C9H8F3N. The molecule has 1 aromatic carbocycles. The van der Waals surface area contributed by atoms with Crippen molar-refractivity contribution >= 4 is 6.21 Å². The number of hydrogen-bond acceptors (Lipinski definition) is 1. The molecule has 0 bridgehead atoms. The van der Waals surface area contributed by atoms with E-state index < -0.39 is 17.5 Å². The fraction of sp³-hybridized carbons (Fsp3) is 0.222. The van der Waals surface area contributed by atoms with Crippen LogP contribution in [0.5, 0.6) is 0 Å². The Balaban J connectivity index is 3.13. The van der Waals surface area contributed by atoms with Crippen LogP contribution < -0.4 is 0 Å². The number of aliphatic imine (C=N–C) groups is 1. The summed E-state index contributed by atoms with van der Waals surface area (Å²) in [5.74, 6) is -2.80. The van der Waals surface area contributed by atoms with E-state index in [9.17, 15) is 13.2 Å². The zero-order chi connectivity index (χ0) is 9.84. The number of hydrogen-bond donors (Lipinski definition) is 0. The van der Waals surface area contributed by atoms with Crippen molar-refractivity contribution in [2.45, 2.75) is 6.92 Å². The Bertz CT molecular complexity index is 311. The van der Waals surface area contributed by atoms with Crippen LogP contribution in [0.15, 0.2) is 17.1 Å². The summed E-state index contributed by atoms with van der Waals surface area (Å²) in [5, 5.41) is 0. The van der Waals surface area contributed by atoms with E-state index in [1.807, 2.05) is 0 Å². The molecule has 0 radical (unpaired) electrons. The molecule has 0 saturated carbocycles. The van der Waals surface area contributed by atoms with Crippen LogP contribution in [0.1, 0.15) is 12.5 Å². The molecule has 0 spiro atoms. The topological polar surface area (TPSA) is 12.4 Å². The van der Waals surface area contributed by atoms with Gasteiger partial charge in [0.2, 0.25) is 0 Å². The number of rotatable bonds is 2. The quantitative estimate of drug-likeness (QED) is 0.631. The largest absolute Gasteiger partial charge is 0.293 e. The van der Waals surface area contributed by atoms with Crippen LogP contribution in [0.3, 0.4) is 0 Å². The highest BCUT2D eigenvalue weighted by atomic mass is 19.1. The third-order valence-electron chi connectivity index (χ3n) is 1.45. The van der Waals surface area contributed by atoms with Crippen molar-refractivity contribution in [1.82, 2.24) is 0 Å². The van der Waals surface area contributed by atoms with Gasteiger partial charge in [0.1, 0.15) is 17.5 Å². The molecule has 0 fully saturated rings. The van der Waals surface area contributed by atoms with Gasteiger partial charge in [0.05, 0.1) is 5.56 Å². The summed E-state index contributed by atoms with van der Waals surface area (Å²) < 4.78 is 38.1. The molecule has 0 aliphatic heterocycles. The van der Waals surface area contributed by atoms with Gasteiger partial charge in [0.15, 0.2) is 0 Å². The van der Waals surface area contributed by atoms with E-state index in [0.29, 0.717) is 18.7 Å². The second-order valence-electron chi connectivity index (χ2n) is 2.41. The van der Waals surface area contributed by atoms with Gasteiger partial charge in [0, 0.05) is 24.9 Å². The van der Waals surface area contributed by atoms with Gasteiger partial charge in [-0.1, -0.05) is 0 Å². The van der Waals surface area contributed by atoms with Crippen molar-refractivity contribution in [3.63, 3.8) is 0 Å². The van der Waals surface area contributed by atoms with Gasteiger partial charge in [-0.15, -0.1) is 0 Å². The molecule has 1 rings (SSSR count). The molecule has 0 unspecified atom stereocenters. The molecule has 0 aliphatic rings. The van der Waals surface area contributed by atoms with Crippen molar-refractivity contribution < 1.29 is 13.2 Å². The summed E-state index contributed by atoms with van der Waals surface area (Å²) in [5.41, 5.74) is -0.303. The molecule has 0 N–H and O–H groups in total. The van der Waals surface area contributed by atoms with E-state index in [1.54, 1.807) is 6.92 Å². The fourth-order valence-electron chi connectivity index (χ4n) is 0.859. The predicted octanol–water partition coefficient (Wildman–Crippen LogP) is 2.54. The second kappa shape index (κ2) is 4.07. The minimum absolute atomic E-state index is 0.303. The van der Waals surface area contributed by atoms with Gasteiger partial charge in [-0.25, -0.2) is 13.2 Å². The van der Waals surface area contributed by atoms with Crippen LogP contribution in [0, 0.1) is 17.5 Å². The number of halogens is 3. The van der Waals surface area contributed by atoms with E-state index in [4.69, 9.17) is 0 Å². The Labute approximate surface area is 73.9 Å². The standard InChI is InChI=1S/C9H8F3N/c1-2-13-5-7-8(11)3-6(10)4-9(7)12/h3-5H,2H2,1H3. The van der Waals surface area contributed by atoms with Crippen LogP contribution >= 0.6 is 0 Å². The minimum Gasteiger partial charge on any atom is -0.293 e. The first-order valence-corrected chi connectivity index (χ1v) is 3.79. The highest BCUT2D eigenvalue weighted by molar-refractivity contribution is 5.80. The number of benzene rings is 1. The van der Waals surface area contributed by atoms with Crippen molar-refractivity contribution in [3.05, 3.63) is 35.1 Å². The number of nitrogens with zero attached hydrogens (tertiary/aromatic N) is 1. The molecule has 0 aromatic heterocycles. The maximum Gasteiger partial charge on any atom is 0.137 e. The van der Waals surface area contributed by atoms with Crippen molar-refractivity contribution in [2.75, 3.05) is 6.54 Å². The lowest BCUT2D eigenvalue weighted by molar-refractivity contribution is 0.541. The van der Waals surface area contributed by atoms with Gasteiger partial charge < -0.3 is 0 Å². The van der Waals surface area contributed by atoms with Gasteiger partial charge in [-0.2, -0.15) is 0 Å². The molecule has 0 aliphatic carbocycles. The third-order valence-corrected chi connectivity index (χ3v) is 1.45. The summed E-state index contributed by atoms with van der Waals surface area (Å²) in [6, 6.07) is 1.25. The van der Waals surface area contributed by atoms with E-state index in [2.05, 4.69) is 4.99 Å². The zero-order valence-electron chi connectivity index (χ0n) is 7.02. The fourth-order valence-corrected chi connectivity index (χ4v) is 0.859. The van der Waals surface area contributed by atoms with E-state index in [1.165, 1.54) is 0 Å². The molecule has 4 heteroatoms. The molecular weight excluding hydrogens is 179 g/mol. The lowest BCUT2D eigenvalue weighted by Crippen LogP contribution is -1.96. The average Bonchev–Trinajstić information content (AvgIpc) is 2.02. The highest BCUT2D eigenvalue weighted by Crippen LogP contribution is 2.12. The van der Waals surface area contributed by atoms with E-state index in [0.717, 1.165) is 6.21 Å². The van der Waals surface area contributed by atoms with Crippen LogP contribution in [0.4, 0.5) is 13.2 Å². The Morgan fingerprint density at radius 1 is 1.23 bits per heavy atom. The normalized spacial score (nSPS) is 11.1. The van der Waals surface area contributed by atoms with Crippen molar-refractivity contribution in [1.29, 1.82) is 0 Å².